The Labute approximate surface area is 105 Å². The van der Waals surface area contributed by atoms with Crippen LogP contribution in [0, 0.1) is 5.92 Å². The van der Waals surface area contributed by atoms with Crippen LogP contribution < -0.4 is 0 Å². The van der Waals surface area contributed by atoms with Crippen molar-refractivity contribution in [3.63, 3.8) is 0 Å². The highest BCUT2D eigenvalue weighted by Crippen LogP contribution is 2.28. The molecule has 0 aliphatic carbocycles. The molecule has 0 saturated carbocycles. The number of fused-ring (bicyclic) bond motifs is 1. The minimum absolute atomic E-state index is 0.0886. The molecule has 0 aromatic heterocycles. The van der Waals surface area contributed by atoms with E-state index in [1.54, 1.807) is 4.90 Å². The Morgan fingerprint density at radius 2 is 2.38 bits per heavy atom. The molecule has 1 unspecified atom stereocenters. The Balaban J connectivity index is 2.11. The van der Waals surface area contributed by atoms with Crippen LogP contribution in [0.4, 0.5) is 0 Å². The van der Waals surface area contributed by atoms with Crippen LogP contribution in [0.3, 0.4) is 0 Å². The molecule has 0 fully saturated rings. The van der Waals surface area contributed by atoms with Gasteiger partial charge in [-0.2, -0.15) is 0 Å². The molecule has 1 amide bonds. The number of carbonyl (C=O) groups excluding carboxylic acids is 1. The van der Waals surface area contributed by atoms with Gasteiger partial charge in [-0.1, -0.05) is 13.8 Å². The maximum absolute atomic E-state index is 12.1. The Morgan fingerprint density at radius 1 is 1.62 bits per heavy atom. The number of nitrogens with zero attached hydrogens (tertiary/aromatic N) is 2. The standard InChI is InChI=1S/C11H14N2OS2/c1-7(2)3-5-13-10(14)9-8(4-6-16-9)12-11(13)15/h4,6-7,9H,3,5H2,1-2H3. The van der Waals surface area contributed by atoms with E-state index in [1.165, 1.54) is 11.8 Å². The summed E-state index contributed by atoms with van der Waals surface area (Å²) in [4.78, 5) is 18.1. The van der Waals surface area contributed by atoms with Crippen LogP contribution in [-0.4, -0.2) is 33.4 Å². The summed E-state index contributed by atoms with van der Waals surface area (Å²) >= 11 is 6.67. The fourth-order valence-electron chi connectivity index (χ4n) is 1.63. The Bertz CT molecular complexity index is 387. The summed E-state index contributed by atoms with van der Waals surface area (Å²) in [5, 5.41) is 2.18. The SMILES string of the molecule is CC(C)CCN1C(=O)C2SC=CC2=NC1=S. The van der Waals surface area contributed by atoms with E-state index in [1.807, 2.05) is 11.5 Å². The fourth-order valence-corrected chi connectivity index (χ4v) is 2.80. The maximum atomic E-state index is 12.1. The van der Waals surface area contributed by atoms with E-state index in [2.05, 4.69) is 18.8 Å². The predicted molar refractivity (Wildman–Crippen MR) is 71.7 cm³/mol. The van der Waals surface area contributed by atoms with Crippen LogP contribution in [-0.2, 0) is 4.79 Å². The molecule has 0 bridgehead atoms. The summed E-state index contributed by atoms with van der Waals surface area (Å²) in [5.41, 5.74) is 0.806. The van der Waals surface area contributed by atoms with Gasteiger partial charge < -0.3 is 0 Å². The number of amides is 1. The lowest BCUT2D eigenvalue weighted by atomic mass is 10.1. The second-order valence-electron chi connectivity index (χ2n) is 4.31. The van der Waals surface area contributed by atoms with Crippen molar-refractivity contribution in [1.29, 1.82) is 0 Å². The van der Waals surface area contributed by atoms with Gasteiger partial charge in [0, 0.05) is 6.54 Å². The predicted octanol–water partition coefficient (Wildman–Crippen LogP) is 2.23. The molecule has 0 saturated heterocycles. The molecule has 16 heavy (non-hydrogen) atoms. The lowest BCUT2D eigenvalue weighted by Crippen LogP contribution is -2.47. The number of aliphatic imine (C=N–C) groups is 1. The molecule has 0 aromatic carbocycles. The molecule has 5 heteroatoms. The zero-order valence-corrected chi connectivity index (χ0v) is 11.0. The quantitative estimate of drug-likeness (QED) is 0.724. The van der Waals surface area contributed by atoms with Gasteiger partial charge in [0.05, 0.1) is 5.71 Å². The zero-order chi connectivity index (χ0) is 11.7. The molecule has 0 spiro atoms. The first kappa shape index (κ1) is 11.8. The van der Waals surface area contributed by atoms with Crippen molar-refractivity contribution in [2.24, 2.45) is 10.9 Å². The highest BCUT2D eigenvalue weighted by atomic mass is 32.2. The normalized spacial score (nSPS) is 24.1. The largest absolute Gasteiger partial charge is 0.286 e. The van der Waals surface area contributed by atoms with Gasteiger partial charge in [-0.3, -0.25) is 9.69 Å². The van der Waals surface area contributed by atoms with Gasteiger partial charge in [0.2, 0.25) is 11.0 Å². The fraction of sp³-hybridized carbons (Fsp3) is 0.545. The van der Waals surface area contributed by atoms with Gasteiger partial charge in [0.25, 0.3) is 0 Å². The summed E-state index contributed by atoms with van der Waals surface area (Å²) in [6.45, 7) is 4.96. The van der Waals surface area contributed by atoms with E-state index in [9.17, 15) is 4.79 Å². The summed E-state index contributed by atoms with van der Waals surface area (Å²) < 4.78 is 0. The number of carbonyl (C=O) groups is 1. The topological polar surface area (TPSA) is 32.7 Å². The number of rotatable bonds is 3. The highest BCUT2D eigenvalue weighted by Gasteiger charge is 2.36. The van der Waals surface area contributed by atoms with Crippen molar-refractivity contribution in [1.82, 2.24) is 4.90 Å². The zero-order valence-electron chi connectivity index (χ0n) is 9.34. The van der Waals surface area contributed by atoms with Crippen molar-refractivity contribution in [3.05, 3.63) is 11.5 Å². The Kier molecular flexibility index (Phi) is 3.44. The summed E-state index contributed by atoms with van der Waals surface area (Å²) in [6, 6.07) is 0. The average molecular weight is 254 g/mol. The number of allylic oxidation sites excluding steroid dienone is 1. The molecule has 2 heterocycles. The summed E-state index contributed by atoms with van der Waals surface area (Å²) in [5.74, 6) is 0.654. The van der Waals surface area contributed by atoms with Gasteiger partial charge >= 0.3 is 0 Å². The molecule has 2 aliphatic rings. The van der Waals surface area contributed by atoms with Crippen molar-refractivity contribution < 1.29 is 4.79 Å². The molecule has 86 valence electrons. The maximum Gasteiger partial charge on any atom is 0.248 e. The third-order valence-corrected chi connectivity index (χ3v) is 3.92. The van der Waals surface area contributed by atoms with E-state index >= 15 is 0 Å². The lowest BCUT2D eigenvalue weighted by Gasteiger charge is -2.28. The van der Waals surface area contributed by atoms with Crippen LogP contribution in [0.15, 0.2) is 16.5 Å². The van der Waals surface area contributed by atoms with Gasteiger partial charge in [0.1, 0.15) is 5.25 Å². The first-order chi connectivity index (χ1) is 7.59. The van der Waals surface area contributed by atoms with Gasteiger partial charge in [-0.05, 0) is 36.0 Å². The number of hydrogen-bond acceptors (Lipinski definition) is 3. The summed E-state index contributed by atoms with van der Waals surface area (Å²) in [7, 11) is 0. The van der Waals surface area contributed by atoms with E-state index < -0.39 is 0 Å². The van der Waals surface area contributed by atoms with Gasteiger partial charge in [-0.15, -0.1) is 11.8 Å². The number of thioether (sulfide) groups is 1. The smallest absolute Gasteiger partial charge is 0.248 e. The molecule has 0 radical (unpaired) electrons. The second kappa shape index (κ2) is 4.67. The lowest BCUT2D eigenvalue weighted by molar-refractivity contribution is -0.125. The minimum Gasteiger partial charge on any atom is -0.286 e. The average Bonchev–Trinajstić information content (AvgIpc) is 2.64. The van der Waals surface area contributed by atoms with Crippen LogP contribution >= 0.6 is 24.0 Å². The van der Waals surface area contributed by atoms with Gasteiger partial charge in [0.15, 0.2) is 0 Å². The van der Waals surface area contributed by atoms with Crippen LogP contribution in [0.2, 0.25) is 0 Å². The Morgan fingerprint density at radius 3 is 3.06 bits per heavy atom. The molecular formula is C11H14N2OS2. The number of hydrogen-bond donors (Lipinski definition) is 0. The monoisotopic (exact) mass is 254 g/mol. The van der Waals surface area contributed by atoms with Crippen molar-refractivity contribution >= 4 is 40.7 Å². The summed E-state index contributed by atoms with van der Waals surface area (Å²) in [6.07, 6.45) is 2.83. The minimum atomic E-state index is -0.154. The first-order valence-electron chi connectivity index (χ1n) is 5.35. The Hall–Kier alpha value is -0.680. The molecule has 2 rings (SSSR count). The van der Waals surface area contributed by atoms with Crippen LogP contribution in [0.5, 0.6) is 0 Å². The van der Waals surface area contributed by atoms with E-state index in [0.717, 1.165) is 12.1 Å². The molecule has 1 atom stereocenters. The van der Waals surface area contributed by atoms with Crippen LogP contribution in [0.25, 0.3) is 0 Å². The second-order valence-corrected chi connectivity index (χ2v) is 5.69. The van der Waals surface area contributed by atoms with Crippen molar-refractivity contribution in [2.75, 3.05) is 6.54 Å². The van der Waals surface area contributed by atoms with E-state index in [-0.39, 0.29) is 11.2 Å². The third kappa shape index (κ3) is 2.20. The molecule has 0 aromatic rings. The van der Waals surface area contributed by atoms with Crippen molar-refractivity contribution in [3.8, 4) is 0 Å². The van der Waals surface area contributed by atoms with Gasteiger partial charge in [-0.25, -0.2) is 4.99 Å². The third-order valence-electron chi connectivity index (χ3n) is 2.60. The van der Waals surface area contributed by atoms with Crippen LogP contribution in [0.1, 0.15) is 20.3 Å². The van der Waals surface area contributed by atoms with Crippen molar-refractivity contribution in [2.45, 2.75) is 25.5 Å². The molecule has 0 N–H and O–H groups in total. The molecule has 2 aliphatic heterocycles. The van der Waals surface area contributed by atoms with E-state index in [4.69, 9.17) is 12.2 Å². The molecular weight excluding hydrogens is 240 g/mol. The highest BCUT2D eigenvalue weighted by molar-refractivity contribution is 8.04. The first-order valence-corrected chi connectivity index (χ1v) is 6.70. The molecule has 3 nitrogen and oxygen atoms in total. The number of thiocarbonyl (C=S) groups is 1. The van der Waals surface area contributed by atoms with E-state index in [0.29, 0.717) is 17.6 Å².